The molecule has 4 nitrogen and oxygen atoms in total. The van der Waals surface area contributed by atoms with Crippen molar-refractivity contribution < 1.29 is 0 Å². The highest BCUT2D eigenvalue weighted by Crippen LogP contribution is 2.28. The van der Waals surface area contributed by atoms with E-state index in [9.17, 15) is 4.79 Å². The summed E-state index contributed by atoms with van der Waals surface area (Å²) in [5.74, 6) is 1.52. The van der Waals surface area contributed by atoms with E-state index in [-0.39, 0.29) is 5.56 Å². The van der Waals surface area contributed by atoms with Crippen molar-refractivity contribution in [3.63, 3.8) is 0 Å². The van der Waals surface area contributed by atoms with Crippen LogP contribution in [0.15, 0.2) is 4.79 Å². The van der Waals surface area contributed by atoms with Crippen molar-refractivity contribution >= 4 is 21.6 Å². The van der Waals surface area contributed by atoms with Gasteiger partial charge in [0, 0.05) is 10.9 Å². The summed E-state index contributed by atoms with van der Waals surface area (Å²) in [6.07, 6.45) is 5.35. The average Bonchev–Trinajstić information content (AvgIpc) is 3.06. The third kappa shape index (κ3) is 2.90. The summed E-state index contributed by atoms with van der Waals surface area (Å²) in [6, 6.07) is 0.486. The number of hydrogen-bond acceptors (Lipinski definition) is 4. The van der Waals surface area contributed by atoms with Crippen LogP contribution in [0.1, 0.15) is 48.9 Å². The number of thiophene rings is 1. The first-order chi connectivity index (χ1) is 10.1. The number of aromatic amines is 1. The third-order valence-electron chi connectivity index (χ3n) is 4.79. The van der Waals surface area contributed by atoms with Crippen molar-refractivity contribution in [3.05, 3.63) is 26.6 Å². The Morgan fingerprint density at radius 1 is 1.38 bits per heavy atom. The van der Waals surface area contributed by atoms with E-state index in [1.165, 1.54) is 30.6 Å². The van der Waals surface area contributed by atoms with Crippen LogP contribution in [-0.4, -0.2) is 16.0 Å². The Hall–Kier alpha value is -1.20. The van der Waals surface area contributed by atoms with Crippen LogP contribution in [0.25, 0.3) is 10.2 Å². The maximum absolute atomic E-state index is 12.2. The minimum Gasteiger partial charge on any atom is -0.309 e. The molecule has 1 saturated carbocycles. The Morgan fingerprint density at radius 2 is 2.10 bits per heavy atom. The summed E-state index contributed by atoms with van der Waals surface area (Å²) in [5.41, 5.74) is 1.05. The summed E-state index contributed by atoms with van der Waals surface area (Å²) in [6.45, 7) is 6.91. The largest absolute Gasteiger partial charge is 0.309 e. The number of nitrogens with one attached hydrogen (secondary N) is 2. The molecule has 3 rings (SSSR count). The molecule has 2 N–H and O–H groups in total. The third-order valence-corrected chi connectivity index (χ3v) is 5.89. The van der Waals surface area contributed by atoms with Crippen LogP contribution in [0.3, 0.4) is 0 Å². The number of rotatable bonds is 4. The molecule has 0 aliphatic heterocycles. The first-order valence-corrected chi connectivity index (χ1v) is 8.60. The van der Waals surface area contributed by atoms with Gasteiger partial charge < -0.3 is 10.3 Å². The highest BCUT2D eigenvalue weighted by Gasteiger charge is 2.21. The van der Waals surface area contributed by atoms with Crippen LogP contribution in [0.4, 0.5) is 0 Å². The van der Waals surface area contributed by atoms with E-state index in [4.69, 9.17) is 0 Å². The van der Waals surface area contributed by atoms with E-state index < -0.39 is 0 Å². The molecular formula is C16H23N3OS. The van der Waals surface area contributed by atoms with Crippen LogP contribution in [0.5, 0.6) is 0 Å². The standard InChI is InChI=1S/C16H23N3OS/c1-9-11(3)21-16-14(9)15(20)18-13(19-16)8-17-10(2)12-6-4-5-7-12/h10,12,17H,4-8H2,1-3H3,(H,18,19,20)/t10-/m0/s1. The minimum atomic E-state index is -0.00725. The Labute approximate surface area is 129 Å². The highest BCUT2D eigenvalue weighted by molar-refractivity contribution is 7.18. The molecule has 0 saturated heterocycles. The molecular weight excluding hydrogens is 282 g/mol. The number of fused-ring (bicyclic) bond motifs is 1. The molecule has 0 aromatic carbocycles. The summed E-state index contributed by atoms with van der Waals surface area (Å²) < 4.78 is 0. The molecule has 0 spiro atoms. The van der Waals surface area contributed by atoms with Crippen molar-refractivity contribution in [3.8, 4) is 0 Å². The van der Waals surface area contributed by atoms with E-state index in [0.29, 0.717) is 12.6 Å². The van der Waals surface area contributed by atoms with Crippen molar-refractivity contribution in [1.29, 1.82) is 0 Å². The molecule has 0 radical (unpaired) electrons. The normalized spacial score (nSPS) is 17.7. The fourth-order valence-electron chi connectivity index (χ4n) is 3.26. The van der Waals surface area contributed by atoms with Gasteiger partial charge in [-0.25, -0.2) is 4.98 Å². The summed E-state index contributed by atoms with van der Waals surface area (Å²) in [7, 11) is 0. The quantitative estimate of drug-likeness (QED) is 0.911. The molecule has 0 amide bonds. The zero-order valence-electron chi connectivity index (χ0n) is 13.0. The van der Waals surface area contributed by atoms with Crippen molar-refractivity contribution in [1.82, 2.24) is 15.3 Å². The molecule has 1 fully saturated rings. The first-order valence-electron chi connectivity index (χ1n) is 7.78. The van der Waals surface area contributed by atoms with Gasteiger partial charge in [0.2, 0.25) is 0 Å². The van der Waals surface area contributed by atoms with Crippen LogP contribution in [0, 0.1) is 19.8 Å². The second kappa shape index (κ2) is 5.89. The van der Waals surface area contributed by atoms with Gasteiger partial charge in [0.15, 0.2) is 0 Å². The Kier molecular flexibility index (Phi) is 4.13. The van der Waals surface area contributed by atoms with Gasteiger partial charge in [-0.05, 0) is 45.1 Å². The fraction of sp³-hybridized carbons (Fsp3) is 0.625. The van der Waals surface area contributed by atoms with Gasteiger partial charge in [0.05, 0.1) is 11.9 Å². The second-order valence-electron chi connectivity index (χ2n) is 6.19. The first kappa shape index (κ1) is 14.7. The molecule has 0 unspecified atom stereocenters. The van der Waals surface area contributed by atoms with Gasteiger partial charge in [-0.2, -0.15) is 0 Å². The Morgan fingerprint density at radius 3 is 2.81 bits per heavy atom. The van der Waals surface area contributed by atoms with Gasteiger partial charge >= 0.3 is 0 Å². The molecule has 2 aromatic rings. The lowest BCUT2D eigenvalue weighted by atomic mass is 10.00. The van der Waals surface area contributed by atoms with Crippen molar-refractivity contribution in [2.45, 2.75) is 59.0 Å². The number of aryl methyl sites for hydroxylation is 2. The van der Waals surface area contributed by atoms with Crippen LogP contribution in [-0.2, 0) is 6.54 Å². The smallest absolute Gasteiger partial charge is 0.259 e. The number of H-pyrrole nitrogens is 1. The Balaban J connectivity index is 1.77. The van der Waals surface area contributed by atoms with Gasteiger partial charge in [0.25, 0.3) is 5.56 Å². The Bertz CT molecular complexity index is 697. The topological polar surface area (TPSA) is 57.8 Å². The van der Waals surface area contributed by atoms with E-state index in [1.807, 2.05) is 13.8 Å². The highest BCUT2D eigenvalue weighted by atomic mass is 32.1. The van der Waals surface area contributed by atoms with Gasteiger partial charge in [-0.3, -0.25) is 4.79 Å². The zero-order valence-corrected chi connectivity index (χ0v) is 13.8. The number of aromatic nitrogens is 2. The monoisotopic (exact) mass is 305 g/mol. The van der Waals surface area contributed by atoms with Gasteiger partial charge in [-0.15, -0.1) is 11.3 Å². The maximum Gasteiger partial charge on any atom is 0.259 e. The van der Waals surface area contributed by atoms with E-state index in [1.54, 1.807) is 11.3 Å². The molecule has 2 heterocycles. The number of hydrogen-bond donors (Lipinski definition) is 2. The lowest BCUT2D eigenvalue weighted by molar-refractivity contribution is 0.377. The molecule has 1 aliphatic carbocycles. The molecule has 1 atom stereocenters. The number of nitrogens with zero attached hydrogens (tertiary/aromatic N) is 1. The molecule has 5 heteroatoms. The van der Waals surface area contributed by atoms with Crippen LogP contribution < -0.4 is 10.9 Å². The molecule has 2 aromatic heterocycles. The molecule has 114 valence electrons. The zero-order chi connectivity index (χ0) is 15.0. The maximum atomic E-state index is 12.2. The molecule has 0 bridgehead atoms. The van der Waals surface area contributed by atoms with Gasteiger partial charge in [0.1, 0.15) is 10.7 Å². The summed E-state index contributed by atoms with van der Waals surface area (Å²) >= 11 is 1.61. The predicted molar refractivity (Wildman–Crippen MR) is 88.0 cm³/mol. The van der Waals surface area contributed by atoms with Gasteiger partial charge in [-0.1, -0.05) is 12.8 Å². The minimum absolute atomic E-state index is 0.00725. The second-order valence-corrected chi connectivity index (χ2v) is 7.39. The lowest BCUT2D eigenvalue weighted by Crippen LogP contribution is -2.32. The van der Waals surface area contributed by atoms with Crippen molar-refractivity contribution in [2.75, 3.05) is 0 Å². The van der Waals surface area contributed by atoms with Crippen LogP contribution >= 0.6 is 11.3 Å². The average molecular weight is 305 g/mol. The van der Waals surface area contributed by atoms with E-state index in [0.717, 1.165) is 27.5 Å². The van der Waals surface area contributed by atoms with Crippen molar-refractivity contribution in [2.24, 2.45) is 5.92 Å². The summed E-state index contributed by atoms with van der Waals surface area (Å²) in [5, 5.41) is 4.28. The summed E-state index contributed by atoms with van der Waals surface area (Å²) in [4.78, 5) is 21.8. The fourth-order valence-corrected chi connectivity index (χ4v) is 4.31. The lowest BCUT2D eigenvalue weighted by Gasteiger charge is -2.19. The molecule has 1 aliphatic rings. The van der Waals surface area contributed by atoms with E-state index in [2.05, 4.69) is 22.2 Å². The van der Waals surface area contributed by atoms with Crippen LogP contribution in [0.2, 0.25) is 0 Å². The molecule has 21 heavy (non-hydrogen) atoms. The van der Waals surface area contributed by atoms with E-state index >= 15 is 0 Å². The SMILES string of the molecule is Cc1sc2nc(CN[C@@H](C)C3CCCC3)[nH]c(=O)c2c1C. The predicted octanol–water partition coefficient (Wildman–Crippen LogP) is 3.27.